The molecule has 0 aliphatic rings. The molecule has 3 aromatic rings. The minimum Gasteiger partial charge on any atom is -0.379 e. The predicted molar refractivity (Wildman–Crippen MR) is 107 cm³/mol. The maximum atomic E-state index is 12.2. The maximum absolute atomic E-state index is 12.2. The van der Waals surface area contributed by atoms with E-state index < -0.39 is 16.0 Å². The molecule has 0 saturated carbocycles. The van der Waals surface area contributed by atoms with Gasteiger partial charge < -0.3 is 4.18 Å². The van der Waals surface area contributed by atoms with Crippen LogP contribution >= 0.6 is 0 Å². The quantitative estimate of drug-likeness (QED) is 0.385. The van der Waals surface area contributed by atoms with Crippen molar-refractivity contribution in [3.63, 3.8) is 0 Å². The van der Waals surface area contributed by atoms with Crippen molar-refractivity contribution in [2.75, 3.05) is 0 Å². The molecule has 0 heterocycles. The summed E-state index contributed by atoms with van der Waals surface area (Å²) in [6, 6.07) is 22.2. The van der Waals surface area contributed by atoms with Gasteiger partial charge in [0, 0.05) is 5.56 Å². The van der Waals surface area contributed by atoms with Crippen molar-refractivity contribution in [3.8, 4) is 11.8 Å². The number of hydrogen-bond acceptors (Lipinski definition) is 6. The Bertz CT molecular complexity index is 1170. The van der Waals surface area contributed by atoms with E-state index in [0.29, 0.717) is 16.7 Å². The van der Waals surface area contributed by atoms with E-state index in [0.717, 1.165) is 0 Å². The lowest BCUT2D eigenvalue weighted by molar-refractivity contribution is 0.0955. The van der Waals surface area contributed by atoms with Gasteiger partial charge in [-0.2, -0.15) is 18.8 Å². The van der Waals surface area contributed by atoms with Gasteiger partial charge in [0.1, 0.15) is 10.6 Å². The van der Waals surface area contributed by atoms with Gasteiger partial charge in [-0.15, -0.1) is 0 Å². The highest BCUT2D eigenvalue weighted by molar-refractivity contribution is 7.87. The van der Waals surface area contributed by atoms with E-state index in [9.17, 15) is 13.2 Å². The first kappa shape index (κ1) is 19.8. The molecule has 144 valence electrons. The molecular formula is C21H15N3O4S. The molecular weight excluding hydrogens is 390 g/mol. The third-order valence-electron chi connectivity index (χ3n) is 3.77. The van der Waals surface area contributed by atoms with E-state index in [1.54, 1.807) is 42.5 Å². The van der Waals surface area contributed by atoms with Crippen molar-refractivity contribution < 1.29 is 17.4 Å². The number of hydrogen-bond donors (Lipinski definition) is 1. The topological polar surface area (TPSA) is 109 Å². The van der Waals surface area contributed by atoms with Gasteiger partial charge in [-0.3, -0.25) is 4.79 Å². The third-order valence-corrected chi connectivity index (χ3v) is 5.04. The van der Waals surface area contributed by atoms with Crippen LogP contribution in [0.2, 0.25) is 0 Å². The summed E-state index contributed by atoms with van der Waals surface area (Å²) in [5.41, 5.74) is 3.84. The fourth-order valence-corrected chi connectivity index (χ4v) is 3.25. The van der Waals surface area contributed by atoms with Crippen molar-refractivity contribution in [1.29, 1.82) is 5.26 Å². The monoisotopic (exact) mass is 405 g/mol. The Morgan fingerprint density at radius 3 is 2.24 bits per heavy atom. The van der Waals surface area contributed by atoms with Crippen LogP contribution in [0.15, 0.2) is 88.9 Å². The average Bonchev–Trinajstić information content (AvgIpc) is 2.75. The largest absolute Gasteiger partial charge is 0.379 e. The standard InChI is InChI=1S/C21H15N3O4S/c22-14-16-6-10-18(11-7-16)21(25)24-23-15-17-8-12-19(13-9-17)28-29(26,27)20-4-2-1-3-5-20/h1-13,15H,(H,24,25)/b23-15-. The van der Waals surface area contributed by atoms with Crippen LogP contribution in [0.25, 0.3) is 0 Å². The van der Waals surface area contributed by atoms with E-state index in [1.165, 1.54) is 42.6 Å². The summed E-state index contributed by atoms with van der Waals surface area (Å²) in [4.78, 5) is 12.1. The Hall–Kier alpha value is -3.96. The Morgan fingerprint density at radius 2 is 1.62 bits per heavy atom. The lowest BCUT2D eigenvalue weighted by atomic mass is 10.1. The molecule has 0 spiro atoms. The minimum absolute atomic E-state index is 0.0659. The molecule has 0 bridgehead atoms. The third kappa shape index (κ3) is 5.28. The van der Waals surface area contributed by atoms with Gasteiger partial charge in [0.15, 0.2) is 0 Å². The molecule has 0 aromatic heterocycles. The zero-order valence-electron chi connectivity index (χ0n) is 15.0. The molecule has 1 amide bonds. The number of hydrazone groups is 1. The van der Waals surface area contributed by atoms with Crippen molar-refractivity contribution >= 4 is 22.2 Å². The highest BCUT2D eigenvalue weighted by atomic mass is 32.2. The second-order valence-electron chi connectivity index (χ2n) is 5.81. The molecule has 7 nitrogen and oxygen atoms in total. The van der Waals surface area contributed by atoms with Crippen LogP contribution in [0.1, 0.15) is 21.5 Å². The Labute approximate surface area is 168 Å². The smallest absolute Gasteiger partial charge is 0.339 e. The zero-order chi connectivity index (χ0) is 20.7. The van der Waals surface area contributed by atoms with Crippen molar-refractivity contribution in [2.24, 2.45) is 5.10 Å². The summed E-state index contributed by atoms with van der Waals surface area (Å²) in [6.45, 7) is 0. The number of carbonyl (C=O) groups is 1. The zero-order valence-corrected chi connectivity index (χ0v) is 15.8. The molecule has 3 rings (SSSR count). The van der Waals surface area contributed by atoms with Gasteiger partial charge in [-0.05, 0) is 66.2 Å². The van der Waals surface area contributed by atoms with Gasteiger partial charge in [0.25, 0.3) is 5.91 Å². The normalized spacial score (nSPS) is 11.0. The highest BCUT2D eigenvalue weighted by Crippen LogP contribution is 2.18. The van der Waals surface area contributed by atoms with E-state index in [2.05, 4.69) is 10.5 Å². The summed E-state index contributed by atoms with van der Waals surface area (Å²) in [5, 5.41) is 12.6. The lowest BCUT2D eigenvalue weighted by Gasteiger charge is -2.07. The molecule has 0 aliphatic heterocycles. The number of nitrogens with one attached hydrogen (secondary N) is 1. The van der Waals surface area contributed by atoms with Gasteiger partial charge in [0.2, 0.25) is 0 Å². The summed E-state index contributed by atoms with van der Waals surface area (Å²) in [6.07, 6.45) is 1.41. The molecule has 0 fully saturated rings. The van der Waals surface area contributed by atoms with Gasteiger partial charge >= 0.3 is 10.1 Å². The van der Waals surface area contributed by atoms with Crippen molar-refractivity contribution in [2.45, 2.75) is 4.90 Å². The van der Waals surface area contributed by atoms with Crippen LogP contribution in [-0.4, -0.2) is 20.5 Å². The summed E-state index contributed by atoms with van der Waals surface area (Å²) < 4.78 is 29.5. The lowest BCUT2D eigenvalue weighted by Crippen LogP contribution is -2.17. The van der Waals surface area contributed by atoms with Gasteiger partial charge in [0.05, 0.1) is 17.8 Å². The number of nitrogens with zero attached hydrogens (tertiary/aromatic N) is 2. The Kier molecular flexibility index (Phi) is 6.02. The van der Waals surface area contributed by atoms with Crippen LogP contribution in [0.4, 0.5) is 0 Å². The summed E-state index contributed by atoms with van der Waals surface area (Å²) >= 11 is 0. The fraction of sp³-hybridized carbons (Fsp3) is 0. The minimum atomic E-state index is -3.90. The van der Waals surface area contributed by atoms with Crippen LogP contribution in [-0.2, 0) is 10.1 Å². The molecule has 0 atom stereocenters. The van der Waals surface area contributed by atoms with E-state index in [4.69, 9.17) is 9.44 Å². The second kappa shape index (κ2) is 8.82. The van der Waals surface area contributed by atoms with Crippen molar-refractivity contribution in [1.82, 2.24) is 5.43 Å². The molecule has 0 radical (unpaired) electrons. The summed E-state index contributed by atoms with van der Waals surface area (Å²) in [5.74, 6) is -0.257. The number of nitriles is 1. The molecule has 0 saturated heterocycles. The van der Waals surface area contributed by atoms with E-state index in [1.807, 2.05) is 6.07 Å². The van der Waals surface area contributed by atoms with Gasteiger partial charge in [-0.25, -0.2) is 5.43 Å². The van der Waals surface area contributed by atoms with Crippen LogP contribution in [0, 0.1) is 11.3 Å². The molecule has 8 heteroatoms. The Balaban J connectivity index is 1.60. The first-order valence-corrected chi connectivity index (χ1v) is 9.82. The van der Waals surface area contributed by atoms with E-state index in [-0.39, 0.29) is 10.6 Å². The Morgan fingerprint density at radius 1 is 0.966 bits per heavy atom. The van der Waals surface area contributed by atoms with E-state index >= 15 is 0 Å². The molecule has 29 heavy (non-hydrogen) atoms. The molecule has 0 unspecified atom stereocenters. The number of benzene rings is 3. The molecule has 0 aliphatic carbocycles. The first-order chi connectivity index (χ1) is 14.0. The number of rotatable bonds is 6. The SMILES string of the molecule is N#Cc1ccc(C(=O)N/N=C\c2ccc(OS(=O)(=O)c3ccccc3)cc2)cc1. The van der Waals surface area contributed by atoms with Gasteiger partial charge in [-0.1, -0.05) is 18.2 Å². The number of amides is 1. The number of carbonyl (C=O) groups excluding carboxylic acids is 1. The maximum Gasteiger partial charge on any atom is 0.339 e. The van der Waals surface area contributed by atoms with Crippen LogP contribution in [0.5, 0.6) is 5.75 Å². The first-order valence-electron chi connectivity index (χ1n) is 8.41. The second-order valence-corrected chi connectivity index (χ2v) is 7.35. The average molecular weight is 405 g/mol. The van der Waals surface area contributed by atoms with Crippen LogP contribution < -0.4 is 9.61 Å². The molecule has 3 aromatic carbocycles. The van der Waals surface area contributed by atoms with Crippen molar-refractivity contribution in [3.05, 3.63) is 95.6 Å². The predicted octanol–water partition coefficient (Wildman–Crippen LogP) is 3.09. The fourth-order valence-electron chi connectivity index (χ4n) is 2.30. The van der Waals surface area contributed by atoms with Crippen LogP contribution in [0.3, 0.4) is 0 Å². The summed E-state index contributed by atoms with van der Waals surface area (Å²) in [7, 11) is -3.90. The molecule has 1 N–H and O–H groups in total. The highest BCUT2D eigenvalue weighted by Gasteiger charge is 2.15.